The van der Waals surface area contributed by atoms with Gasteiger partial charge in [0.1, 0.15) is 23.5 Å². The van der Waals surface area contributed by atoms with Crippen molar-refractivity contribution in [2.45, 2.75) is 44.8 Å². The van der Waals surface area contributed by atoms with Gasteiger partial charge in [0, 0.05) is 24.4 Å². The highest BCUT2D eigenvalue weighted by Gasteiger charge is 2.36. The number of carbonyl (C=O) groups is 1. The summed E-state index contributed by atoms with van der Waals surface area (Å²) in [5.74, 6) is -0.505. The predicted octanol–water partition coefficient (Wildman–Crippen LogP) is 3.01. The molecule has 1 saturated carbocycles. The summed E-state index contributed by atoms with van der Waals surface area (Å²) in [5.41, 5.74) is 7.70. The molecule has 0 radical (unpaired) electrons. The van der Waals surface area contributed by atoms with Crippen LogP contribution >= 0.6 is 11.6 Å². The molecule has 9 heteroatoms. The van der Waals surface area contributed by atoms with Crippen molar-refractivity contribution in [1.82, 2.24) is 14.9 Å². The molecule has 1 amide bonds. The molecule has 158 valence electrons. The van der Waals surface area contributed by atoms with Gasteiger partial charge in [0.25, 0.3) is 5.91 Å². The summed E-state index contributed by atoms with van der Waals surface area (Å²) in [4.78, 5) is 23.6. The van der Waals surface area contributed by atoms with E-state index >= 15 is 0 Å². The molecule has 1 aromatic carbocycles. The van der Waals surface area contributed by atoms with Crippen LogP contribution in [0.15, 0.2) is 18.2 Å². The summed E-state index contributed by atoms with van der Waals surface area (Å²) in [7, 11) is 0. The lowest BCUT2D eigenvalue weighted by molar-refractivity contribution is 0.0764. The third-order valence-corrected chi connectivity index (χ3v) is 6.13. The first kappa shape index (κ1) is 20.7. The van der Waals surface area contributed by atoms with Gasteiger partial charge in [-0.05, 0) is 38.8 Å². The van der Waals surface area contributed by atoms with Gasteiger partial charge in [-0.15, -0.1) is 0 Å². The molecule has 1 aromatic heterocycles. The summed E-state index contributed by atoms with van der Waals surface area (Å²) in [6.45, 7) is 4.00. The van der Waals surface area contributed by atoms with Crippen LogP contribution in [0.1, 0.15) is 46.3 Å². The number of aryl methyl sites for hydroxylation is 2. The van der Waals surface area contributed by atoms with Gasteiger partial charge in [0.15, 0.2) is 0 Å². The molecule has 2 aliphatic rings. The first-order valence-electron chi connectivity index (χ1n) is 9.82. The van der Waals surface area contributed by atoms with Crippen LogP contribution in [0.5, 0.6) is 5.75 Å². The second-order valence-electron chi connectivity index (χ2n) is 7.94. The highest BCUT2D eigenvalue weighted by Crippen LogP contribution is 2.31. The average Bonchev–Trinajstić information content (AvgIpc) is 3.06. The van der Waals surface area contributed by atoms with E-state index in [1.165, 1.54) is 18.2 Å². The van der Waals surface area contributed by atoms with Crippen LogP contribution in [0.2, 0.25) is 5.02 Å². The fourth-order valence-corrected chi connectivity index (χ4v) is 3.89. The maximum Gasteiger partial charge on any atom is 0.257 e. The molecule has 3 N–H and O–H groups in total. The number of likely N-dealkylation sites (tertiary alicyclic amines) is 1. The van der Waals surface area contributed by atoms with E-state index in [1.807, 2.05) is 0 Å². The molecule has 1 atom stereocenters. The van der Waals surface area contributed by atoms with Crippen LogP contribution in [-0.2, 0) is 0 Å². The lowest BCUT2D eigenvalue weighted by atomic mass is 9.90. The Morgan fingerprint density at radius 1 is 1.30 bits per heavy atom. The van der Waals surface area contributed by atoms with Gasteiger partial charge >= 0.3 is 0 Å². The Bertz CT molecular complexity index is 1000. The standard InChI is InChI=1S/C21H23ClFN5O2/c1-10-19(22)11(2)27-20(26-10)16-8-28(9-17(16)25)21(29)15-4-3-12(23)5-18(15)30-14-6-13(24)7-14/h3-5,13-14,16,25H,6-9,24H2,1-2H3. The van der Waals surface area contributed by atoms with E-state index in [2.05, 4.69) is 9.97 Å². The van der Waals surface area contributed by atoms with Gasteiger partial charge in [0.2, 0.25) is 0 Å². The highest BCUT2D eigenvalue weighted by molar-refractivity contribution is 6.31. The lowest BCUT2D eigenvalue weighted by Gasteiger charge is -2.33. The number of ether oxygens (including phenoxy) is 1. The van der Waals surface area contributed by atoms with Gasteiger partial charge in [-0.3, -0.25) is 4.79 Å². The number of benzene rings is 1. The Balaban J connectivity index is 1.55. The van der Waals surface area contributed by atoms with Crippen molar-refractivity contribution < 1.29 is 13.9 Å². The fraction of sp³-hybridized carbons (Fsp3) is 0.429. The number of rotatable bonds is 4. The highest BCUT2D eigenvalue weighted by atomic mass is 35.5. The number of nitrogens with one attached hydrogen (secondary N) is 1. The number of nitrogens with zero attached hydrogens (tertiary/aromatic N) is 3. The Kier molecular flexibility index (Phi) is 5.46. The van der Waals surface area contributed by atoms with Crippen molar-refractivity contribution in [3.05, 3.63) is 51.8 Å². The van der Waals surface area contributed by atoms with Gasteiger partial charge < -0.3 is 20.8 Å². The molecule has 2 heterocycles. The number of hydrogen-bond donors (Lipinski definition) is 2. The van der Waals surface area contributed by atoms with Crippen molar-refractivity contribution in [2.75, 3.05) is 13.1 Å². The number of halogens is 2. The van der Waals surface area contributed by atoms with Crippen molar-refractivity contribution in [2.24, 2.45) is 5.73 Å². The van der Waals surface area contributed by atoms with Crippen LogP contribution in [0.3, 0.4) is 0 Å². The zero-order chi connectivity index (χ0) is 21.6. The van der Waals surface area contributed by atoms with Gasteiger partial charge in [-0.1, -0.05) is 11.6 Å². The van der Waals surface area contributed by atoms with Gasteiger partial charge in [-0.2, -0.15) is 0 Å². The second kappa shape index (κ2) is 7.92. The Labute approximate surface area is 178 Å². The minimum absolute atomic E-state index is 0.0776. The molecule has 0 bridgehead atoms. The van der Waals surface area contributed by atoms with Crippen LogP contribution < -0.4 is 10.5 Å². The van der Waals surface area contributed by atoms with Crippen LogP contribution in [0, 0.1) is 25.1 Å². The fourth-order valence-electron chi connectivity index (χ4n) is 3.81. The summed E-state index contributed by atoms with van der Waals surface area (Å²) in [5, 5.41) is 8.87. The molecule has 2 aromatic rings. The SMILES string of the molecule is Cc1nc(C2CN(C(=O)c3ccc(F)cc3OC3CC(N)C3)CC2=N)nc(C)c1Cl. The van der Waals surface area contributed by atoms with E-state index in [-0.39, 0.29) is 42.5 Å². The van der Waals surface area contributed by atoms with E-state index < -0.39 is 11.7 Å². The molecule has 2 fully saturated rings. The van der Waals surface area contributed by atoms with E-state index in [9.17, 15) is 9.18 Å². The first-order valence-corrected chi connectivity index (χ1v) is 10.2. The lowest BCUT2D eigenvalue weighted by Crippen LogP contribution is -2.43. The van der Waals surface area contributed by atoms with Crippen LogP contribution in [0.4, 0.5) is 4.39 Å². The maximum absolute atomic E-state index is 13.8. The molecule has 1 aliphatic carbocycles. The third-order valence-electron chi connectivity index (χ3n) is 5.58. The van der Waals surface area contributed by atoms with E-state index in [0.29, 0.717) is 40.8 Å². The van der Waals surface area contributed by atoms with Crippen LogP contribution in [0.25, 0.3) is 0 Å². The summed E-state index contributed by atoms with van der Waals surface area (Å²) in [6.07, 6.45) is 1.23. The van der Waals surface area contributed by atoms with Crippen molar-refractivity contribution in [3.8, 4) is 5.75 Å². The largest absolute Gasteiger partial charge is 0.489 e. The van der Waals surface area contributed by atoms with E-state index in [0.717, 1.165) is 0 Å². The van der Waals surface area contributed by atoms with Crippen LogP contribution in [-0.4, -0.2) is 51.7 Å². The third kappa shape index (κ3) is 3.89. The molecule has 1 saturated heterocycles. The van der Waals surface area contributed by atoms with Crippen molar-refractivity contribution in [3.63, 3.8) is 0 Å². The molecule has 7 nitrogen and oxygen atoms in total. The van der Waals surface area contributed by atoms with Gasteiger partial charge in [-0.25, -0.2) is 14.4 Å². The maximum atomic E-state index is 13.8. The molecule has 30 heavy (non-hydrogen) atoms. The Morgan fingerprint density at radius 2 is 1.97 bits per heavy atom. The number of hydrogen-bond acceptors (Lipinski definition) is 6. The van der Waals surface area contributed by atoms with Crippen molar-refractivity contribution >= 4 is 23.2 Å². The second-order valence-corrected chi connectivity index (χ2v) is 8.32. The summed E-state index contributed by atoms with van der Waals surface area (Å²) >= 11 is 6.15. The molecule has 1 aliphatic heterocycles. The van der Waals surface area contributed by atoms with E-state index in [4.69, 9.17) is 27.5 Å². The minimum atomic E-state index is -0.474. The smallest absolute Gasteiger partial charge is 0.257 e. The zero-order valence-corrected chi connectivity index (χ0v) is 17.5. The monoisotopic (exact) mass is 431 g/mol. The number of amides is 1. The number of aromatic nitrogens is 2. The number of nitrogens with two attached hydrogens (primary N) is 1. The first-order chi connectivity index (χ1) is 14.2. The normalized spacial score (nSPS) is 23.4. The predicted molar refractivity (Wildman–Crippen MR) is 111 cm³/mol. The average molecular weight is 432 g/mol. The molecular formula is C21H23ClFN5O2. The van der Waals surface area contributed by atoms with Gasteiger partial charge in [0.05, 0.1) is 34.4 Å². The number of carbonyl (C=O) groups excluding carboxylic acids is 1. The molecule has 0 spiro atoms. The summed E-state index contributed by atoms with van der Waals surface area (Å²) in [6, 6.07) is 3.97. The minimum Gasteiger partial charge on any atom is -0.489 e. The topological polar surface area (TPSA) is 105 Å². The molecule has 4 rings (SSSR count). The molecular weight excluding hydrogens is 409 g/mol. The zero-order valence-electron chi connectivity index (χ0n) is 16.8. The Morgan fingerprint density at radius 3 is 2.60 bits per heavy atom. The van der Waals surface area contributed by atoms with Crippen molar-refractivity contribution in [1.29, 1.82) is 5.41 Å². The molecule has 1 unspecified atom stereocenters. The van der Waals surface area contributed by atoms with E-state index in [1.54, 1.807) is 18.7 Å². The Hall–Kier alpha value is -2.58. The summed E-state index contributed by atoms with van der Waals surface area (Å²) < 4.78 is 19.6. The quantitative estimate of drug-likeness (QED) is 0.774.